The molecule has 23 heavy (non-hydrogen) atoms. The molecule has 0 unspecified atom stereocenters. The Morgan fingerprint density at radius 3 is 2.61 bits per heavy atom. The number of ether oxygens (including phenoxy) is 1. The number of pyridine rings is 1. The first-order chi connectivity index (χ1) is 11.3. The molecule has 0 saturated heterocycles. The minimum atomic E-state index is -0.264. The first-order valence-corrected chi connectivity index (χ1v) is 7.76. The lowest BCUT2D eigenvalue weighted by atomic mass is 10.2. The fourth-order valence-electron chi connectivity index (χ4n) is 1.93. The van der Waals surface area contributed by atoms with Gasteiger partial charge in [-0.2, -0.15) is 5.10 Å². The van der Waals surface area contributed by atoms with E-state index in [0.29, 0.717) is 5.56 Å². The van der Waals surface area contributed by atoms with Crippen molar-refractivity contribution < 1.29 is 9.53 Å². The number of benzene rings is 1. The summed E-state index contributed by atoms with van der Waals surface area (Å²) in [6, 6.07) is 10.9. The zero-order valence-corrected chi connectivity index (χ0v) is 13.2. The Morgan fingerprint density at radius 1 is 1.17 bits per heavy atom. The average Bonchev–Trinajstić information content (AvgIpc) is 2.60. The van der Waals surface area contributed by atoms with Crippen LogP contribution in [0.25, 0.3) is 0 Å². The number of unbranched alkanes of at least 4 members (excludes halogenated alkanes) is 2. The zero-order chi connectivity index (χ0) is 16.3. The molecule has 1 heterocycles. The Hall–Kier alpha value is -2.69. The van der Waals surface area contributed by atoms with Crippen LogP contribution in [0.1, 0.15) is 42.1 Å². The van der Waals surface area contributed by atoms with Crippen LogP contribution < -0.4 is 10.2 Å². The molecule has 0 spiro atoms. The van der Waals surface area contributed by atoms with Crippen LogP contribution >= 0.6 is 0 Å². The second-order valence-electron chi connectivity index (χ2n) is 5.06. The summed E-state index contributed by atoms with van der Waals surface area (Å²) in [4.78, 5) is 15.7. The lowest BCUT2D eigenvalue weighted by molar-refractivity contribution is 0.0955. The Bertz CT molecular complexity index is 624. The van der Waals surface area contributed by atoms with E-state index in [0.717, 1.165) is 24.3 Å². The summed E-state index contributed by atoms with van der Waals surface area (Å²) in [6.07, 6.45) is 8.17. The Balaban J connectivity index is 1.80. The number of carbonyl (C=O) groups excluding carboxylic acids is 1. The standard InChI is InChI=1S/C18H21N3O2/c1-2-3-4-13-23-17-7-5-15(6-8-17)14-20-21-18(22)16-9-11-19-12-10-16/h5-12,14H,2-4,13H2,1H3,(H,21,22)/b20-14+. The Kier molecular flexibility index (Phi) is 6.78. The van der Waals surface area contributed by atoms with E-state index in [1.54, 1.807) is 30.7 Å². The van der Waals surface area contributed by atoms with E-state index < -0.39 is 0 Å². The van der Waals surface area contributed by atoms with Crippen LogP contribution in [-0.2, 0) is 0 Å². The van der Waals surface area contributed by atoms with Gasteiger partial charge in [0.2, 0.25) is 0 Å². The summed E-state index contributed by atoms with van der Waals surface area (Å²) in [7, 11) is 0. The van der Waals surface area contributed by atoms with Gasteiger partial charge in [0.25, 0.3) is 5.91 Å². The highest BCUT2D eigenvalue weighted by Gasteiger charge is 2.01. The van der Waals surface area contributed by atoms with Gasteiger partial charge in [0, 0.05) is 18.0 Å². The molecule has 0 aliphatic carbocycles. The van der Waals surface area contributed by atoms with Crippen LogP contribution in [0.4, 0.5) is 0 Å². The average molecular weight is 311 g/mol. The number of hydrazone groups is 1. The number of aromatic nitrogens is 1. The molecule has 1 N–H and O–H groups in total. The summed E-state index contributed by atoms with van der Waals surface area (Å²) in [5.41, 5.74) is 3.89. The van der Waals surface area contributed by atoms with Gasteiger partial charge < -0.3 is 4.74 Å². The van der Waals surface area contributed by atoms with Gasteiger partial charge in [0.1, 0.15) is 5.75 Å². The summed E-state index contributed by atoms with van der Waals surface area (Å²) >= 11 is 0. The van der Waals surface area contributed by atoms with Crippen LogP contribution in [0, 0.1) is 0 Å². The number of hydrogen-bond donors (Lipinski definition) is 1. The quantitative estimate of drug-likeness (QED) is 0.461. The van der Waals surface area contributed by atoms with Gasteiger partial charge in [-0.15, -0.1) is 0 Å². The topological polar surface area (TPSA) is 63.6 Å². The second-order valence-corrected chi connectivity index (χ2v) is 5.06. The number of carbonyl (C=O) groups is 1. The maximum atomic E-state index is 11.8. The van der Waals surface area contributed by atoms with Crippen molar-refractivity contribution in [2.24, 2.45) is 5.10 Å². The first kappa shape index (κ1) is 16.7. The van der Waals surface area contributed by atoms with Crippen LogP contribution in [0.15, 0.2) is 53.9 Å². The summed E-state index contributed by atoms with van der Waals surface area (Å²) < 4.78 is 5.64. The fourth-order valence-corrected chi connectivity index (χ4v) is 1.93. The van der Waals surface area contributed by atoms with Crippen molar-refractivity contribution in [2.75, 3.05) is 6.61 Å². The van der Waals surface area contributed by atoms with Gasteiger partial charge in [-0.1, -0.05) is 19.8 Å². The van der Waals surface area contributed by atoms with Crippen molar-refractivity contribution in [3.05, 3.63) is 59.9 Å². The molecule has 5 heteroatoms. The van der Waals surface area contributed by atoms with E-state index in [1.165, 1.54) is 12.8 Å². The molecule has 1 aromatic carbocycles. The van der Waals surface area contributed by atoms with E-state index in [2.05, 4.69) is 22.4 Å². The van der Waals surface area contributed by atoms with Crippen molar-refractivity contribution in [3.63, 3.8) is 0 Å². The van der Waals surface area contributed by atoms with Crippen molar-refractivity contribution in [2.45, 2.75) is 26.2 Å². The lowest BCUT2D eigenvalue weighted by Gasteiger charge is -2.05. The predicted molar refractivity (Wildman–Crippen MR) is 90.8 cm³/mol. The van der Waals surface area contributed by atoms with E-state index in [-0.39, 0.29) is 5.91 Å². The minimum Gasteiger partial charge on any atom is -0.494 e. The molecule has 0 atom stereocenters. The molecule has 0 aliphatic heterocycles. The molecule has 5 nitrogen and oxygen atoms in total. The third-order valence-corrected chi connectivity index (χ3v) is 3.22. The minimum absolute atomic E-state index is 0.264. The highest BCUT2D eigenvalue weighted by atomic mass is 16.5. The highest BCUT2D eigenvalue weighted by molar-refractivity contribution is 5.94. The Labute approximate surface area is 136 Å². The lowest BCUT2D eigenvalue weighted by Crippen LogP contribution is -2.17. The molecule has 120 valence electrons. The van der Waals surface area contributed by atoms with Crippen LogP contribution in [-0.4, -0.2) is 23.7 Å². The van der Waals surface area contributed by atoms with Gasteiger partial charge in [0.15, 0.2) is 0 Å². The first-order valence-electron chi connectivity index (χ1n) is 7.76. The predicted octanol–water partition coefficient (Wildman–Crippen LogP) is 3.41. The number of amides is 1. The summed E-state index contributed by atoms with van der Waals surface area (Å²) in [5, 5.41) is 3.95. The number of rotatable bonds is 8. The smallest absolute Gasteiger partial charge is 0.271 e. The molecule has 0 aliphatic rings. The van der Waals surface area contributed by atoms with E-state index in [1.807, 2.05) is 24.3 Å². The van der Waals surface area contributed by atoms with Crippen LogP contribution in [0.2, 0.25) is 0 Å². The van der Waals surface area contributed by atoms with Gasteiger partial charge in [-0.25, -0.2) is 5.43 Å². The maximum absolute atomic E-state index is 11.8. The van der Waals surface area contributed by atoms with Gasteiger partial charge in [0.05, 0.1) is 12.8 Å². The van der Waals surface area contributed by atoms with E-state index in [9.17, 15) is 4.79 Å². The SMILES string of the molecule is CCCCCOc1ccc(/C=N/NC(=O)c2ccncc2)cc1. The van der Waals surface area contributed by atoms with E-state index >= 15 is 0 Å². The summed E-state index contributed by atoms with van der Waals surface area (Å²) in [5.74, 6) is 0.582. The maximum Gasteiger partial charge on any atom is 0.271 e. The summed E-state index contributed by atoms with van der Waals surface area (Å²) in [6.45, 7) is 2.91. The van der Waals surface area contributed by atoms with Crippen molar-refractivity contribution >= 4 is 12.1 Å². The molecule has 1 aromatic heterocycles. The Morgan fingerprint density at radius 2 is 1.91 bits per heavy atom. The van der Waals surface area contributed by atoms with Crippen LogP contribution in [0.3, 0.4) is 0 Å². The highest BCUT2D eigenvalue weighted by Crippen LogP contribution is 2.11. The van der Waals surface area contributed by atoms with Crippen molar-refractivity contribution in [3.8, 4) is 5.75 Å². The second kappa shape index (κ2) is 9.35. The van der Waals surface area contributed by atoms with Crippen molar-refractivity contribution in [1.82, 2.24) is 10.4 Å². The molecule has 0 radical (unpaired) electrons. The van der Waals surface area contributed by atoms with Crippen molar-refractivity contribution in [1.29, 1.82) is 0 Å². The van der Waals surface area contributed by atoms with Gasteiger partial charge in [-0.3, -0.25) is 9.78 Å². The normalized spacial score (nSPS) is 10.7. The monoisotopic (exact) mass is 311 g/mol. The molecule has 0 saturated carbocycles. The number of hydrogen-bond acceptors (Lipinski definition) is 4. The van der Waals surface area contributed by atoms with Gasteiger partial charge in [-0.05, 0) is 48.4 Å². The molecular formula is C18H21N3O2. The molecule has 2 rings (SSSR count). The number of nitrogens with one attached hydrogen (secondary N) is 1. The fraction of sp³-hybridized carbons (Fsp3) is 0.278. The largest absolute Gasteiger partial charge is 0.494 e. The molecular weight excluding hydrogens is 290 g/mol. The number of nitrogens with zero attached hydrogens (tertiary/aromatic N) is 2. The van der Waals surface area contributed by atoms with E-state index in [4.69, 9.17) is 4.74 Å². The molecule has 1 amide bonds. The molecule has 0 bridgehead atoms. The molecule has 0 fully saturated rings. The van der Waals surface area contributed by atoms with Gasteiger partial charge >= 0.3 is 0 Å². The molecule has 2 aromatic rings. The third-order valence-electron chi connectivity index (χ3n) is 3.22. The third kappa shape index (κ3) is 5.90. The van der Waals surface area contributed by atoms with Crippen LogP contribution in [0.5, 0.6) is 5.75 Å². The zero-order valence-electron chi connectivity index (χ0n) is 13.2.